The molecule has 0 radical (unpaired) electrons. The van der Waals surface area contributed by atoms with Crippen molar-refractivity contribution in [3.8, 4) is 0 Å². The Balaban J connectivity index is 2.12. The third-order valence-electron chi connectivity index (χ3n) is 4.25. The molecular weight excluding hydrogens is 266 g/mol. The highest BCUT2D eigenvalue weighted by Gasteiger charge is 2.24. The van der Waals surface area contributed by atoms with Crippen LogP contribution in [0.3, 0.4) is 0 Å². The average Bonchev–Trinajstić information content (AvgIpc) is 2.53. The summed E-state index contributed by atoms with van der Waals surface area (Å²) >= 11 is 0. The van der Waals surface area contributed by atoms with Crippen LogP contribution >= 0.6 is 0 Å². The smallest absolute Gasteiger partial charge is 0.274 e. The number of carbonyl (C=O) groups is 1. The van der Waals surface area contributed by atoms with Crippen LogP contribution in [-0.4, -0.2) is 33.7 Å². The van der Waals surface area contributed by atoms with Crippen LogP contribution in [0.4, 0.5) is 0 Å². The van der Waals surface area contributed by atoms with Gasteiger partial charge in [-0.2, -0.15) is 5.10 Å². The van der Waals surface area contributed by atoms with E-state index >= 15 is 0 Å². The largest absolute Gasteiger partial charge is 0.337 e. The molecule has 5 nitrogen and oxygen atoms in total. The van der Waals surface area contributed by atoms with E-state index < -0.39 is 0 Å². The normalized spacial score (nSPS) is 15.9. The van der Waals surface area contributed by atoms with Gasteiger partial charge in [0.25, 0.3) is 11.5 Å². The van der Waals surface area contributed by atoms with Crippen LogP contribution in [0.1, 0.15) is 62.4 Å². The van der Waals surface area contributed by atoms with Gasteiger partial charge in [-0.05, 0) is 25.3 Å². The molecule has 1 aliphatic rings. The van der Waals surface area contributed by atoms with Gasteiger partial charge in [-0.15, -0.1) is 0 Å². The predicted molar refractivity (Wildman–Crippen MR) is 82.4 cm³/mol. The Morgan fingerprint density at radius 1 is 1.33 bits per heavy atom. The molecule has 0 saturated heterocycles. The second kappa shape index (κ2) is 7.38. The van der Waals surface area contributed by atoms with Gasteiger partial charge in [-0.25, -0.2) is 4.68 Å². The number of aromatic nitrogens is 2. The first-order valence-corrected chi connectivity index (χ1v) is 7.98. The molecule has 0 N–H and O–H groups in total. The Bertz CT molecular complexity index is 533. The summed E-state index contributed by atoms with van der Waals surface area (Å²) in [5.41, 5.74) is 0.235. The minimum absolute atomic E-state index is 0.0767. The molecule has 0 aliphatic heterocycles. The van der Waals surface area contributed by atoms with Crippen molar-refractivity contribution in [2.24, 2.45) is 0 Å². The van der Waals surface area contributed by atoms with Crippen molar-refractivity contribution < 1.29 is 4.79 Å². The number of aryl methyl sites for hydroxylation is 1. The summed E-state index contributed by atoms with van der Waals surface area (Å²) in [6, 6.07) is 3.31. The monoisotopic (exact) mass is 291 g/mol. The zero-order valence-corrected chi connectivity index (χ0v) is 13.0. The standard InChI is InChI=1S/C16H25N3O2/c1-3-4-12-19-15(20)11-10-14(17-19)16(21)18(2)13-8-6-5-7-9-13/h10-11,13H,3-9,12H2,1-2H3. The van der Waals surface area contributed by atoms with Crippen LogP contribution in [0, 0.1) is 0 Å². The van der Waals surface area contributed by atoms with Crippen LogP contribution in [0.5, 0.6) is 0 Å². The first kappa shape index (κ1) is 15.7. The van der Waals surface area contributed by atoms with E-state index in [0.29, 0.717) is 18.3 Å². The lowest BCUT2D eigenvalue weighted by molar-refractivity contribution is 0.0687. The van der Waals surface area contributed by atoms with Gasteiger partial charge >= 0.3 is 0 Å². The van der Waals surface area contributed by atoms with Crippen LogP contribution in [-0.2, 0) is 6.54 Å². The molecule has 1 aromatic heterocycles. The lowest BCUT2D eigenvalue weighted by atomic mass is 9.94. The molecule has 0 unspecified atom stereocenters. The third-order valence-corrected chi connectivity index (χ3v) is 4.25. The Hall–Kier alpha value is -1.65. The summed E-state index contributed by atoms with van der Waals surface area (Å²) in [6.45, 7) is 2.64. The quantitative estimate of drug-likeness (QED) is 0.837. The molecule has 1 aliphatic carbocycles. The van der Waals surface area contributed by atoms with E-state index in [4.69, 9.17) is 0 Å². The molecule has 0 aromatic carbocycles. The van der Waals surface area contributed by atoms with Crippen molar-refractivity contribution >= 4 is 5.91 Å². The SMILES string of the molecule is CCCCn1nc(C(=O)N(C)C2CCCCC2)ccc1=O. The van der Waals surface area contributed by atoms with Crippen molar-refractivity contribution in [1.82, 2.24) is 14.7 Å². The maximum atomic E-state index is 12.5. The van der Waals surface area contributed by atoms with E-state index in [1.54, 1.807) is 11.0 Å². The van der Waals surface area contributed by atoms with Crippen molar-refractivity contribution in [1.29, 1.82) is 0 Å². The summed E-state index contributed by atoms with van der Waals surface area (Å²) in [5, 5.41) is 4.24. The Morgan fingerprint density at radius 2 is 2.05 bits per heavy atom. The highest BCUT2D eigenvalue weighted by atomic mass is 16.2. The fourth-order valence-corrected chi connectivity index (χ4v) is 2.85. The molecule has 5 heteroatoms. The van der Waals surface area contributed by atoms with Crippen LogP contribution in [0.2, 0.25) is 0 Å². The topological polar surface area (TPSA) is 55.2 Å². The molecular formula is C16H25N3O2. The lowest BCUT2D eigenvalue weighted by Gasteiger charge is -2.31. The van der Waals surface area contributed by atoms with Crippen molar-refractivity contribution in [3.05, 3.63) is 28.2 Å². The number of nitrogens with zero attached hydrogens (tertiary/aromatic N) is 3. The molecule has 2 rings (SSSR count). The van der Waals surface area contributed by atoms with E-state index in [1.165, 1.54) is 30.0 Å². The van der Waals surface area contributed by atoms with Gasteiger partial charge < -0.3 is 4.90 Å². The van der Waals surface area contributed by atoms with Crippen LogP contribution in [0.15, 0.2) is 16.9 Å². The predicted octanol–water partition coefficient (Wildman–Crippen LogP) is 2.45. The number of carbonyl (C=O) groups excluding carboxylic acids is 1. The van der Waals surface area contributed by atoms with Gasteiger partial charge in [0.05, 0.1) is 0 Å². The van der Waals surface area contributed by atoms with Crippen molar-refractivity contribution in [2.75, 3.05) is 7.05 Å². The summed E-state index contributed by atoms with van der Waals surface area (Å²) in [4.78, 5) is 26.1. The average molecular weight is 291 g/mol. The van der Waals surface area contributed by atoms with Gasteiger partial charge in [-0.3, -0.25) is 9.59 Å². The van der Waals surface area contributed by atoms with E-state index in [2.05, 4.69) is 12.0 Å². The summed E-state index contributed by atoms with van der Waals surface area (Å²) in [5.74, 6) is -0.0767. The van der Waals surface area contributed by atoms with E-state index in [9.17, 15) is 9.59 Å². The summed E-state index contributed by atoms with van der Waals surface area (Å²) in [6.07, 6.45) is 7.66. The maximum Gasteiger partial charge on any atom is 0.274 e. The van der Waals surface area contributed by atoms with Crippen molar-refractivity contribution in [3.63, 3.8) is 0 Å². The summed E-state index contributed by atoms with van der Waals surface area (Å²) in [7, 11) is 1.85. The van der Waals surface area contributed by atoms with Gasteiger partial charge in [0.15, 0.2) is 0 Å². The van der Waals surface area contributed by atoms with Crippen LogP contribution < -0.4 is 5.56 Å². The maximum absolute atomic E-state index is 12.5. The molecule has 21 heavy (non-hydrogen) atoms. The van der Waals surface area contributed by atoms with Gasteiger partial charge in [0, 0.05) is 25.7 Å². The zero-order valence-electron chi connectivity index (χ0n) is 13.0. The fourth-order valence-electron chi connectivity index (χ4n) is 2.85. The van der Waals surface area contributed by atoms with Gasteiger partial charge in [0.1, 0.15) is 5.69 Å². The minimum Gasteiger partial charge on any atom is -0.337 e. The number of rotatable bonds is 5. The van der Waals surface area contributed by atoms with Crippen molar-refractivity contribution in [2.45, 2.75) is 64.5 Å². The molecule has 1 saturated carbocycles. The number of unbranched alkanes of at least 4 members (excludes halogenated alkanes) is 1. The molecule has 116 valence electrons. The Kier molecular flexibility index (Phi) is 5.53. The summed E-state index contributed by atoms with van der Waals surface area (Å²) < 4.78 is 1.41. The van der Waals surface area contributed by atoms with Gasteiger partial charge in [-0.1, -0.05) is 32.6 Å². The van der Waals surface area contributed by atoms with Crippen LogP contribution in [0.25, 0.3) is 0 Å². The highest BCUT2D eigenvalue weighted by Crippen LogP contribution is 2.22. The molecule has 0 bridgehead atoms. The number of amides is 1. The lowest BCUT2D eigenvalue weighted by Crippen LogP contribution is -2.39. The molecule has 0 spiro atoms. The Labute approximate surface area is 126 Å². The van der Waals surface area contributed by atoms with E-state index in [1.807, 2.05) is 7.05 Å². The van der Waals surface area contributed by atoms with Gasteiger partial charge in [0.2, 0.25) is 0 Å². The second-order valence-corrected chi connectivity index (χ2v) is 5.84. The number of hydrogen-bond donors (Lipinski definition) is 0. The molecule has 1 fully saturated rings. The fraction of sp³-hybridized carbons (Fsp3) is 0.688. The first-order valence-electron chi connectivity index (χ1n) is 7.98. The zero-order chi connectivity index (χ0) is 15.2. The first-order chi connectivity index (χ1) is 10.1. The van der Waals surface area contributed by atoms with E-state index in [0.717, 1.165) is 25.7 Å². The second-order valence-electron chi connectivity index (χ2n) is 5.84. The third kappa shape index (κ3) is 3.93. The molecule has 0 atom stereocenters. The highest BCUT2D eigenvalue weighted by molar-refractivity contribution is 5.92. The Morgan fingerprint density at radius 3 is 2.71 bits per heavy atom. The molecule has 1 amide bonds. The minimum atomic E-state index is -0.139. The molecule has 1 aromatic rings. The van der Waals surface area contributed by atoms with E-state index in [-0.39, 0.29) is 11.5 Å². The number of hydrogen-bond acceptors (Lipinski definition) is 3. The molecule has 1 heterocycles.